The van der Waals surface area contributed by atoms with E-state index in [4.69, 9.17) is 0 Å². The molecule has 2 rings (SSSR count). The molecule has 0 unspecified atom stereocenters. The maximum atomic E-state index is 13.5. The van der Waals surface area contributed by atoms with Gasteiger partial charge in [-0.15, -0.1) is 0 Å². The van der Waals surface area contributed by atoms with Gasteiger partial charge >= 0.3 is 0 Å². The SMILES string of the molecule is C[C@@H](CCc1ccccc1F)C(=O)NS(=O)(=O)c1cccnc1. The molecule has 1 aromatic carbocycles. The van der Waals surface area contributed by atoms with E-state index in [9.17, 15) is 17.6 Å². The smallest absolute Gasteiger partial charge is 0.265 e. The van der Waals surface area contributed by atoms with Gasteiger partial charge in [-0.2, -0.15) is 0 Å². The molecule has 0 aliphatic carbocycles. The fourth-order valence-electron chi connectivity index (χ4n) is 2.00. The zero-order valence-electron chi connectivity index (χ0n) is 12.6. The van der Waals surface area contributed by atoms with Gasteiger partial charge in [0.1, 0.15) is 10.7 Å². The number of nitrogens with one attached hydrogen (secondary N) is 1. The van der Waals surface area contributed by atoms with Gasteiger partial charge in [-0.05, 0) is 36.6 Å². The lowest BCUT2D eigenvalue weighted by atomic mass is 10.0. The first-order chi connectivity index (χ1) is 10.9. The summed E-state index contributed by atoms with van der Waals surface area (Å²) >= 11 is 0. The summed E-state index contributed by atoms with van der Waals surface area (Å²) in [4.78, 5) is 15.7. The number of hydrogen-bond donors (Lipinski definition) is 1. The summed E-state index contributed by atoms with van der Waals surface area (Å²) in [6.45, 7) is 1.61. The van der Waals surface area contributed by atoms with Gasteiger partial charge in [0.15, 0.2) is 0 Å². The third-order valence-electron chi connectivity index (χ3n) is 3.43. The van der Waals surface area contributed by atoms with E-state index in [0.717, 1.165) is 0 Å². The number of halogens is 1. The molecule has 1 N–H and O–H groups in total. The molecule has 2 aromatic rings. The van der Waals surface area contributed by atoms with Crippen LogP contribution in [0.3, 0.4) is 0 Å². The summed E-state index contributed by atoms with van der Waals surface area (Å²) in [5.41, 5.74) is 0.502. The number of aryl methyl sites for hydroxylation is 1. The number of benzene rings is 1. The highest BCUT2D eigenvalue weighted by Crippen LogP contribution is 2.14. The van der Waals surface area contributed by atoms with Gasteiger partial charge in [0.25, 0.3) is 10.0 Å². The zero-order valence-corrected chi connectivity index (χ0v) is 13.4. The van der Waals surface area contributed by atoms with Crippen molar-refractivity contribution in [2.45, 2.75) is 24.7 Å². The van der Waals surface area contributed by atoms with Crippen molar-refractivity contribution in [2.24, 2.45) is 5.92 Å². The Labute approximate surface area is 134 Å². The Morgan fingerprint density at radius 1 is 1.26 bits per heavy atom. The summed E-state index contributed by atoms with van der Waals surface area (Å²) in [6.07, 6.45) is 3.31. The largest absolute Gasteiger partial charge is 0.274 e. The zero-order chi connectivity index (χ0) is 16.9. The van der Waals surface area contributed by atoms with Crippen LogP contribution in [0.25, 0.3) is 0 Å². The van der Waals surface area contributed by atoms with Crippen LogP contribution in [0, 0.1) is 11.7 Å². The van der Waals surface area contributed by atoms with Crippen molar-refractivity contribution in [3.8, 4) is 0 Å². The summed E-state index contributed by atoms with van der Waals surface area (Å²) < 4.78 is 39.6. The van der Waals surface area contributed by atoms with Crippen LogP contribution >= 0.6 is 0 Å². The normalized spacial score (nSPS) is 12.6. The predicted octanol–water partition coefficient (Wildman–Crippen LogP) is 2.29. The van der Waals surface area contributed by atoms with E-state index in [0.29, 0.717) is 18.4 Å². The molecular formula is C16H17FN2O3S. The van der Waals surface area contributed by atoms with Crippen LogP contribution in [0.5, 0.6) is 0 Å². The van der Waals surface area contributed by atoms with E-state index in [-0.39, 0.29) is 10.7 Å². The lowest BCUT2D eigenvalue weighted by molar-refractivity contribution is -0.122. The van der Waals surface area contributed by atoms with Crippen molar-refractivity contribution >= 4 is 15.9 Å². The molecular weight excluding hydrogens is 319 g/mol. The highest BCUT2D eigenvalue weighted by atomic mass is 32.2. The first kappa shape index (κ1) is 17.1. The summed E-state index contributed by atoms with van der Waals surface area (Å²) in [5, 5.41) is 0. The second-order valence-electron chi connectivity index (χ2n) is 5.19. The second kappa shape index (κ2) is 7.32. The molecule has 0 saturated heterocycles. The van der Waals surface area contributed by atoms with Crippen molar-refractivity contribution in [2.75, 3.05) is 0 Å². The Balaban J connectivity index is 1.97. The average Bonchev–Trinajstić information content (AvgIpc) is 2.54. The Bertz CT molecular complexity index is 779. The predicted molar refractivity (Wildman–Crippen MR) is 83.5 cm³/mol. The minimum absolute atomic E-state index is 0.0744. The van der Waals surface area contributed by atoms with Crippen molar-refractivity contribution in [3.05, 3.63) is 60.2 Å². The number of carbonyl (C=O) groups excluding carboxylic acids is 1. The summed E-state index contributed by atoms with van der Waals surface area (Å²) in [6, 6.07) is 9.14. The first-order valence-electron chi connectivity index (χ1n) is 7.10. The van der Waals surface area contributed by atoms with Gasteiger partial charge in [-0.25, -0.2) is 17.5 Å². The molecule has 0 fully saturated rings. The molecule has 0 radical (unpaired) electrons. The van der Waals surface area contributed by atoms with E-state index in [1.807, 2.05) is 4.72 Å². The number of amides is 1. The van der Waals surface area contributed by atoms with Gasteiger partial charge < -0.3 is 0 Å². The molecule has 122 valence electrons. The second-order valence-corrected chi connectivity index (χ2v) is 6.87. The quantitative estimate of drug-likeness (QED) is 0.878. The number of rotatable bonds is 6. The molecule has 1 amide bonds. The van der Waals surface area contributed by atoms with Gasteiger partial charge in [0.05, 0.1) is 0 Å². The Hall–Kier alpha value is -2.28. The summed E-state index contributed by atoms with van der Waals surface area (Å²) in [7, 11) is -3.93. The molecule has 23 heavy (non-hydrogen) atoms. The molecule has 0 bridgehead atoms. The van der Waals surface area contributed by atoms with Crippen LogP contribution in [0.2, 0.25) is 0 Å². The van der Waals surface area contributed by atoms with E-state index in [1.165, 1.54) is 30.6 Å². The molecule has 7 heteroatoms. The molecule has 0 spiro atoms. The Kier molecular flexibility index (Phi) is 5.44. The minimum Gasteiger partial charge on any atom is -0.274 e. The van der Waals surface area contributed by atoms with Crippen LogP contribution in [0.1, 0.15) is 18.9 Å². The van der Waals surface area contributed by atoms with Crippen LogP contribution in [-0.4, -0.2) is 19.3 Å². The first-order valence-corrected chi connectivity index (χ1v) is 8.58. The van der Waals surface area contributed by atoms with Crippen LogP contribution in [0.15, 0.2) is 53.7 Å². The van der Waals surface area contributed by atoms with Crippen LogP contribution in [0.4, 0.5) is 4.39 Å². The Morgan fingerprint density at radius 2 is 2.00 bits per heavy atom. The maximum Gasteiger partial charge on any atom is 0.265 e. The third kappa shape index (κ3) is 4.59. The van der Waals surface area contributed by atoms with Gasteiger partial charge in [-0.3, -0.25) is 9.78 Å². The van der Waals surface area contributed by atoms with E-state index in [1.54, 1.807) is 25.1 Å². The molecule has 0 aliphatic rings. The van der Waals surface area contributed by atoms with Crippen LogP contribution in [-0.2, 0) is 21.2 Å². The number of hydrogen-bond acceptors (Lipinski definition) is 4. The van der Waals surface area contributed by atoms with E-state index in [2.05, 4.69) is 4.98 Å². The monoisotopic (exact) mass is 336 g/mol. The summed E-state index contributed by atoms with van der Waals surface area (Å²) in [5.74, 6) is -1.52. The third-order valence-corrected chi connectivity index (χ3v) is 4.76. The van der Waals surface area contributed by atoms with E-state index < -0.39 is 21.8 Å². The van der Waals surface area contributed by atoms with Crippen LogP contribution < -0.4 is 4.72 Å². The average molecular weight is 336 g/mol. The molecule has 1 aromatic heterocycles. The number of nitrogens with zero attached hydrogens (tertiary/aromatic N) is 1. The lowest BCUT2D eigenvalue weighted by Crippen LogP contribution is -2.34. The lowest BCUT2D eigenvalue weighted by Gasteiger charge is -2.12. The molecule has 0 saturated carbocycles. The maximum absolute atomic E-state index is 13.5. The van der Waals surface area contributed by atoms with Gasteiger partial charge in [-0.1, -0.05) is 25.1 Å². The molecule has 0 aliphatic heterocycles. The topological polar surface area (TPSA) is 76.1 Å². The van der Waals surface area contributed by atoms with Gasteiger partial charge in [0, 0.05) is 18.3 Å². The highest BCUT2D eigenvalue weighted by molar-refractivity contribution is 7.90. The Morgan fingerprint density at radius 3 is 2.65 bits per heavy atom. The number of aromatic nitrogens is 1. The van der Waals surface area contributed by atoms with Gasteiger partial charge in [0.2, 0.25) is 5.91 Å². The van der Waals surface area contributed by atoms with Crippen molar-refractivity contribution < 1.29 is 17.6 Å². The molecule has 1 heterocycles. The molecule has 5 nitrogen and oxygen atoms in total. The van der Waals surface area contributed by atoms with Crippen molar-refractivity contribution in [1.29, 1.82) is 0 Å². The number of pyridine rings is 1. The number of sulfonamides is 1. The van der Waals surface area contributed by atoms with E-state index >= 15 is 0 Å². The fourth-order valence-corrected chi connectivity index (χ4v) is 3.04. The fraction of sp³-hybridized carbons (Fsp3) is 0.250. The highest BCUT2D eigenvalue weighted by Gasteiger charge is 2.21. The minimum atomic E-state index is -3.93. The molecule has 1 atom stereocenters. The standard InChI is InChI=1S/C16H17FN2O3S/c1-12(8-9-13-5-2-3-7-15(13)17)16(20)19-23(21,22)14-6-4-10-18-11-14/h2-7,10-12H,8-9H2,1H3,(H,19,20)/t12-/m0/s1. The van der Waals surface area contributed by atoms with Crippen molar-refractivity contribution in [1.82, 2.24) is 9.71 Å². The number of carbonyl (C=O) groups is 1. The van der Waals surface area contributed by atoms with Crippen molar-refractivity contribution in [3.63, 3.8) is 0 Å².